The van der Waals surface area contributed by atoms with Crippen LogP contribution >= 0.6 is 0 Å². The molecule has 3 nitrogen and oxygen atoms in total. The highest BCUT2D eigenvalue weighted by Gasteiger charge is 2.13. The van der Waals surface area contributed by atoms with E-state index in [1.165, 1.54) is 12.3 Å². The lowest BCUT2D eigenvalue weighted by atomic mass is 10.2. The van der Waals surface area contributed by atoms with Gasteiger partial charge in [-0.15, -0.1) is 0 Å². The molecule has 1 saturated heterocycles. The minimum atomic E-state index is -0.296. The summed E-state index contributed by atoms with van der Waals surface area (Å²) in [5, 5.41) is 6.47. The first kappa shape index (κ1) is 8.44. The lowest BCUT2D eigenvalue weighted by Crippen LogP contribution is -2.22. The van der Waals surface area contributed by atoms with Gasteiger partial charge < -0.3 is 10.6 Å². The Balaban J connectivity index is 1.97. The summed E-state index contributed by atoms with van der Waals surface area (Å²) in [4.78, 5) is 3.93. The summed E-state index contributed by atoms with van der Waals surface area (Å²) in [6.45, 7) is 2.00. The van der Waals surface area contributed by atoms with Crippen LogP contribution in [0.5, 0.6) is 0 Å². The van der Waals surface area contributed by atoms with Gasteiger partial charge in [0.25, 0.3) is 0 Å². The van der Waals surface area contributed by atoms with Crippen molar-refractivity contribution in [3.8, 4) is 0 Å². The SMILES string of the molecule is Fc1ccc(NC2CCNC2)nc1. The first-order chi connectivity index (χ1) is 6.34. The lowest BCUT2D eigenvalue weighted by molar-refractivity contribution is 0.621. The second kappa shape index (κ2) is 3.70. The lowest BCUT2D eigenvalue weighted by Gasteiger charge is -2.10. The Morgan fingerprint density at radius 3 is 3.08 bits per heavy atom. The molecule has 1 aliphatic heterocycles. The molecule has 0 aliphatic carbocycles. The van der Waals surface area contributed by atoms with Crippen molar-refractivity contribution in [2.24, 2.45) is 0 Å². The third-order valence-corrected chi connectivity index (χ3v) is 2.14. The van der Waals surface area contributed by atoms with E-state index in [4.69, 9.17) is 0 Å². The van der Waals surface area contributed by atoms with Crippen LogP contribution < -0.4 is 10.6 Å². The van der Waals surface area contributed by atoms with Gasteiger partial charge in [-0.1, -0.05) is 0 Å². The number of aromatic nitrogens is 1. The second-order valence-electron chi connectivity index (χ2n) is 3.20. The minimum Gasteiger partial charge on any atom is -0.366 e. The summed E-state index contributed by atoms with van der Waals surface area (Å²) in [5.41, 5.74) is 0. The summed E-state index contributed by atoms with van der Waals surface area (Å²) in [5.74, 6) is 0.449. The molecular weight excluding hydrogens is 169 g/mol. The molecule has 1 atom stereocenters. The summed E-state index contributed by atoms with van der Waals surface area (Å²) in [7, 11) is 0. The molecule has 0 radical (unpaired) electrons. The van der Waals surface area contributed by atoms with Crippen LogP contribution in [0.15, 0.2) is 18.3 Å². The van der Waals surface area contributed by atoms with E-state index in [2.05, 4.69) is 15.6 Å². The Morgan fingerprint density at radius 2 is 2.46 bits per heavy atom. The topological polar surface area (TPSA) is 37.0 Å². The molecule has 1 aromatic heterocycles. The Bertz CT molecular complexity index is 267. The Kier molecular flexibility index (Phi) is 2.40. The van der Waals surface area contributed by atoms with Gasteiger partial charge in [-0.2, -0.15) is 0 Å². The standard InChI is InChI=1S/C9H12FN3/c10-7-1-2-9(12-5-7)13-8-3-4-11-6-8/h1-2,5,8,11H,3-4,6H2,(H,12,13). The van der Waals surface area contributed by atoms with Crippen LogP contribution in [0.1, 0.15) is 6.42 Å². The van der Waals surface area contributed by atoms with Crippen LogP contribution in [0.4, 0.5) is 10.2 Å². The van der Waals surface area contributed by atoms with Crippen LogP contribution in [0.25, 0.3) is 0 Å². The number of rotatable bonds is 2. The zero-order chi connectivity index (χ0) is 9.10. The third kappa shape index (κ3) is 2.15. The van der Waals surface area contributed by atoms with Crippen molar-refractivity contribution in [1.29, 1.82) is 0 Å². The second-order valence-corrected chi connectivity index (χ2v) is 3.20. The molecule has 13 heavy (non-hydrogen) atoms. The van der Waals surface area contributed by atoms with E-state index in [9.17, 15) is 4.39 Å². The first-order valence-corrected chi connectivity index (χ1v) is 4.43. The third-order valence-electron chi connectivity index (χ3n) is 2.14. The fraction of sp³-hybridized carbons (Fsp3) is 0.444. The highest BCUT2D eigenvalue weighted by molar-refractivity contribution is 5.35. The van der Waals surface area contributed by atoms with Crippen LogP contribution in [-0.2, 0) is 0 Å². The van der Waals surface area contributed by atoms with Crippen LogP contribution in [-0.4, -0.2) is 24.1 Å². The van der Waals surface area contributed by atoms with Gasteiger partial charge in [0.15, 0.2) is 0 Å². The van der Waals surface area contributed by atoms with Crippen molar-refractivity contribution in [2.75, 3.05) is 18.4 Å². The molecular formula is C9H12FN3. The van der Waals surface area contributed by atoms with E-state index < -0.39 is 0 Å². The first-order valence-electron chi connectivity index (χ1n) is 4.43. The van der Waals surface area contributed by atoms with Crippen molar-refractivity contribution >= 4 is 5.82 Å². The van der Waals surface area contributed by atoms with E-state index in [1.54, 1.807) is 6.07 Å². The molecule has 1 aliphatic rings. The summed E-state index contributed by atoms with van der Waals surface area (Å²) in [6.07, 6.45) is 2.32. The average molecular weight is 181 g/mol. The number of hydrogen-bond donors (Lipinski definition) is 2. The number of halogens is 1. The molecule has 70 valence electrons. The van der Waals surface area contributed by atoms with Crippen molar-refractivity contribution in [3.63, 3.8) is 0 Å². The van der Waals surface area contributed by atoms with E-state index in [0.717, 1.165) is 25.3 Å². The van der Waals surface area contributed by atoms with Gasteiger partial charge in [-0.05, 0) is 25.1 Å². The van der Waals surface area contributed by atoms with E-state index >= 15 is 0 Å². The Labute approximate surface area is 76.4 Å². The fourth-order valence-corrected chi connectivity index (χ4v) is 1.45. The molecule has 1 aromatic rings. The highest BCUT2D eigenvalue weighted by atomic mass is 19.1. The van der Waals surface area contributed by atoms with Crippen molar-refractivity contribution in [1.82, 2.24) is 10.3 Å². The normalized spacial score (nSPS) is 21.8. The zero-order valence-electron chi connectivity index (χ0n) is 7.26. The number of anilines is 1. The predicted molar refractivity (Wildman–Crippen MR) is 49.1 cm³/mol. The molecule has 0 spiro atoms. The Hall–Kier alpha value is -1.16. The van der Waals surface area contributed by atoms with Gasteiger partial charge >= 0.3 is 0 Å². The predicted octanol–water partition coefficient (Wildman–Crippen LogP) is 0.994. The van der Waals surface area contributed by atoms with Gasteiger partial charge in [0, 0.05) is 12.6 Å². The summed E-state index contributed by atoms with van der Waals surface area (Å²) in [6, 6.07) is 3.50. The minimum absolute atomic E-state index is 0.296. The molecule has 2 heterocycles. The monoisotopic (exact) mass is 181 g/mol. The molecule has 4 heteroatoms. The quantitative estimate of drug-likeness (QED) is 0.714. The highest BCUT2D eigenvalue weighted by Crippen LogP contribution is 2.08. The van der Waals surface area contributed by atoms with E-state index in [-0.39, 0.29) is 5.82 Å². The maximum Gasteiger partial charge on any atom is 0.141 e. The van der Waals surface area contributed by atoms with Gasteiger partial charge in [-0.3, -0.25) is 0 Å². The number of pyridine rings is 1. The number of nitrogens with one attached hydrogen (secondary N) is 2. The maximum absolute atomic E-state index is 12.5. The number of hydrogen-bond acceptors (Lipinski definition) is 3. The van der Waals surface area contributed by atoms with Crippen LogP contribution in [0.2, 0.25) is 0 Å². The molecule has 2 rings (SSSR count). The molecule has 0 saturated carbocycles. The van der Waals surface area contributed by atoms with E-state index in [0.29, 0.717) is 6.04 Å². The molecule has 0 aromatic carbocycles. The van der Waals surface area contributed by atoms with Gasteiger partial charge in [0.2, 0.25) is 0 Å². The van der Waals surface area contributed by atoms with Crippen molar-refractivity contribution in [3.05, 3.63) is 24.1 Å². The van der Waals surface area contributed by atoms with Crippen LogP contribution in [0.3, 0.4) is 0 Å². The van der Waals surface area contributed by atoms with E-state index in [1.807, 2.05) is 0 Å². The molecule has 0 amide bonds. The van der Waals surface area contributed by atoms with Crippen molar-refractivity contribution < 1.29 is 4.39 Å². The summed E-state index contributed by atoms with van der Waals surface area (Å²) < 4.78 is 12.5. The van der Waals surface area contributed by atoms with Crippen molar-refractivity contribution in [2.45, 2.75) is 12.5 Å². The van der Waals surface area contributed by atoms with Gasteiger partial charge in [0.05, 0.1) is 6.20 Å². The number of nitrogens with zero attached hydrogens (tertiary/aromatic N) is 1. The zero-order valence-corrected chi connectivity index (χ0v) is 7.26. The van der Waals surface area contributed by atoms with Crippen LogP contribution in [0, 0.1) is 5.82 Å². The largest absolute Gasteiger partial charge is 0.366 e. The summed E-state index contributed by atoms with van der Waals surface area (Å²) >= 11 is 0. The maximum atomic E-state index is 12.5. The molecule has 2 N–H and O–H groups in total. The van der Waals surface area contributed by atoms with Gasteiger partial charge in [-0.25, -0.2) is 9.37 Å². The molecule has 0 bridgehead atoms. The smallest absolute Gasteiger partial charge is 0.141 e. The molecule has 1 unspecified atom stereocenters. The molecule has 1 fully saturated rings. The fourth-order valence-electron chi connectivity index (χ4n) is 1.45. The Morgan fingerprint density at radius 1 is 1.54 bits per heavy atom. The average Bonchev–Trinajstić information content (AvgIpc) is 2.62. The van der Waals surface area contributed by atoms with Gasteiger partial charge in [0.1, 0.15) is 11.6 Å².